The molecule has 1 aromatic heterocycles. The Balaban J connectivity index is 1.61. The molecule has 3 fully saturated rings. The molecule has 2 amide bonds. The van der Waals surface area contributed by atoms with E-state index in [1.807, 2.05) is 20.8 Å². The predicted molar refractivity (Wildman–Crippen MR) is 145 cm³/mol. The van der Waals surface area contributed by atoms with Crippen LogP contribution in [0, 0.1) is 29.1 Å². The fourth-order valence-corrected chi connectivity index (χ4v) is 6.28. The number of Topliss-reactive ketones (excluding diaryl/α,β-unsaturated/α-hetero) is 1. The average Bonchev–Trinajstić information content (AvgIpc) is 3.58. The Bertz CT molecular complexity index is 1150. The van der Waals surface area contributed by atoms with Crippen molar-refractivity contribution in [1.82, 2.24) is 4.90 Å². The van der Waals surface area contributed by atoms with Crippen LogP contribution in [0.25, 0.3) is 0 Å². The van der Waals surface area contributed by atoms with Crippen molar-refractivity contribution in [3.05, 3.63) is 15.8 Å². The summed E-state index contributed by atoms with van der Waals surface area (Å²) in [6.45, 7) is 8.81. The van der Waals surface area contributed by atoms with Gasteiger partial charge in [0, 0.05) is 37.3 Å². The lowest BCUT2D eigenvalue weighted by atomic mass is 9.82. The molecule has 0 unspecified atom stereocenters. The van der Waals surface area contributed by atoms with Gasteiger partial charge in [-0.05, 0) is 71.3 Å². The fourth-order valence-electron chi connectivity index (χ4n) is 5.44. The van der Waals surface area contributed by atoms with Gasteiger partial charge in [-0.15, -0.1) is 11.3 Å². The molecule has 1 aliphatic heterocycles. The van der Waals surface area contributed by atoms with Crippen LogP contribution >= 0.6 is 11.3 Å². The molecule has 8 nitrogen and oxygen atoms in total. The highest BCUT2D eigenvalue weighted by atomic mass is 32.1. The molecule has 0 spiro atoms. The molecule has 0 aromatic carbocycles. The van der Waals surface area contributed by atoms with E-state index in [4.69, 9.17) is 4.74 Å². The van der Waals surface area contributed by atoms with Gasteiger partial charge in [0.2, 0.25) is 5.91 Å². The minimum atomic E-state index is -1.09. The van der Waals surface area contributed by atoms with Gasteiger partial charge in [-0.1, -0.05) is 18.8 Å². The van der Waals surface area contributed by atoms with E-state index < -0.39 is 18.2 Å². The number of ether oxygens (including phenoxy) is 1. The van der Waals surface area contributed by atoms with Gasteiger partial charge in [0.25, 0.3) is 0 Å². The lowest BCUT2D eigenvalue weighted by Crippen LogP contribution is -2.47. The first-order valence-electron chi connectivity index (χ1n) is 13.6. The molecule has 3 aliphatic rings. The van der Waals surface area contributed by atoms with Crippen molar-refractivity contribution < 1.29 is 29.0 Å². The number of rotatable bonds is 5. The Hall–Kier alpha value is -2.86. The highest BCUT2D eigenvalue weighted by Crippen LogP contribution is 2.38. The third-order valence-electron chi connectivity index (χ3n) is 7.58. The van der Waals surface area contributed by atoms with Crippen molar-refractivity contribution in [2.45, 2.75) is 91.2 Å². The number of likely N-dealkylation sites (tertiary alicyclic amines) is 1. The van der Waals surface area contributed by atoms with E-state index in [0.717, 1.165) is 37.0 Å². The van der Waals surface area contributed by atoms with Crippen molar-refractivity contribution in [2.24, 2.45) is 17.3 Å². The third kappa shape index (κ3) is 6.76. The molecule has 2 aliphatic carbocycles. The maximum absolute atomic E-state index is 14.0. The number of ketones is 1. The third-order valence-corrected chi connectivity index (χ3v) is 8.61. The Morgan fingerprint density at radius 3 is 2.45 bits per heavy atom. The summed E-state index contributed by atoms with van der Waals surface area (Å²) in [5.74, 6) is 5.58. The Morgan fingerprint density at radius 1 is 1.13 bits per heavy atom. The van der Waals surface area contributed by atoms with E-state index in [1.54, 1.807) is 15.9 Å². The number of nitrogens with zero attached hydrogens (tertiary/aromatic N) is 2. The number of carboxylic acids is 1. The summed E-state index contributed by atoms with van der Waals surface area (Å²) in [5.41, 5.74) is 0.115. The molecule has 2 heterocycles. The molecule has 1 N–H and O–H groups in total. The first-order valence-corrected chi connectivity index (χ1v) is 14.4. The highest BCUT2D eigenvalue weighted by Gasteiger charge is 2.40. The van der Waals surface area contributed by atoms with Crippen molar-refractivity contribution in [3.8, 4) is 11.8 Å². The predicted octanol–water partition coefficient (Wildman–Crippen LogP) is 5.34. The molecule has 0 bridgehead atoms. The topological polar surface area (TPSA) is 104 Å². The smallest absolute Gasteiger partial charge is 0.410 e. The van der Waals surface area contributed by atoms with Gasteiger partial charge < -0.3 is 19.6 Å². The summed E-state index contributed by atoms with van der Waals surface area (Å²) in [6, 6.07) is 1.36. The largest absolute Gasteiger partial charge is 0.477 e. The Labute approximate surface area is 228 Å². The standard InChI is InChI=1S/C29H38N2O6S/c1-18-5-7-19(8-6-18)26(33)31(24-16-23(11-13-29(2,3)4)38-25(24)27(34)35)20-12-14-30(17-20)28(36)37-22-10-9-21(32)15-22/h16,18-20,22H,5-10,12,14-15,17H2,1-4H3,(H,34,35)/t18-,19-,20-,22+/m0/s1. The maximum Gasteiger partial charge on any atom is 0.410 e. The quantitative estimate of drug-likeness (QED) is 0.504. The van der Waals surface area contributed by atoms with Gasteiger partial charge >= 0.3 is 12.1 Å². The summed E-state index contributed by atoms with van der Waals surface area (Å²) in [6.07, 6.45) is 4.34. The van der Waals surface area contributed by atoms with Crippen molar-refractivity contribution in [1.29, 1.82) is 0 Å². The monoisotopic (exact) mass is 542 g/mol. The summed E-state index contributed by atoms with van der Waals surface area (Å²) < 4.78 is 5.57. The van der Waals surface area contributed by atoms with Crippen LogP contribution in [0.3, 0.4) is 0 Å². The number of carbonyl (C=O) groups is 4. The first kappa shape index (κ1) is 28.2. The maximum atomic E-state index is 14.0. The van der Waals surface area contributed by atoms with Gasteiger partial charge in [-0.2, -0.15) is 0 Å². The second kappa shape index (κ2) is 11.5. The van der Waals surface area contributed by atoms with E-state index in [9.17, 15) is 24.3 Å². The van der Waals surface area contributed by atoms with Gasteiger partial charge in [0.1, 0.15) is 16.8 Å². The van der Waals surface area contributed by atoms with Crippen LogP contribution in [0.2, 0.25) is 0 Å². The molecule has 9 heteroatoms. The molecule has 4 rings (SSSR count). The number of anilines is 1. The van der Waals surface area contributed by atoms with Crippen LogP contribution < -0.4 is 4.90 Å². The second-order valence-electron chi connectivity index (χ2n) is 12.0. The zero-order valence-corrected chi connectivity index (χ0v) is 23.6. The molecular formula is C29H38N2O6S. The number of carbonyl (C=O) groups excluding carboxylic acids is 3. The van der Waals surface area contributed by atoms with Crippen molar-refractivity contribution >= 4 is 40.8 Å². The minimum Gasteiger partial charge on any atom is -0.477 e. The number of thiophene rings is 1. The van der Waals surface area contributed by atoms with Crippen molar-refractivity contribution in [2.75, 3.05) is 18.0 Å². The van der Waals surface area contributed by atoms with Crippen LogP contribution in [0.15, 0.2) is 6.07 Å². The molecular weight excluding hydrogens is 504 g/mol. The fraction of sp³-hybridized carbons (Fsp3) is 0.655. The van der Waals surface area contributed by atoms with Gasteiger partial charge in [0.15, 0.2) is 0 Å². The lowest BCUT2D eigenvalue weighted by Gasteiger charge is -2.34. The number of aromatic carboxylic acids is 1. The molecule has 2 atom stereocenters. The van der Waals surface area contributed by atoms with E-state index in [-0.39, 0.29) is 46.9 Å². The van der Waals surface area contributed by atoms with Gasteiger partial charge in [-0.25, -0.2) is 9.59 Å². The summed E-state index contributed by atoms with van der Waals surface area (Å²) in [7, 11) is 0. The minimum absolute atomic E-state index is 0.0749. The zero-order chi connectivity index (χ0) is 27.6. The molecule has 1 saturated heterocycles. The SMILES string of the molecule is CC(C)(C)C#Cc1cc(N(C(=O)[C@H]2CC[C@H](C)CC2)[C@H]2CCN(C(=O)O[C@@H]3CCC(=O)C3)C2)c(C(=O)O)s1. The summed E-state index contributed by atoms with van der Waals surface area (Å²) in [5, 5.41) is 10.1. The number of hydrogen-bond donors (Lipinski definition) is 1. The molecule has 0 radical (unpaired) electrons. The molecule has 1 aromatic rings. The van der Waals surface area contributed by atoms with Gasteiger partial charge in [0.05, 0.1) is 16.6 Å². The van der Waals surface area contributed by atoms with E-state index in [0.29, 0.717) is 42.3 Å². The number of carboxylic acid groups (broad SMARTS) is 1. The van der Waals surface area contributed by atoms with E-state index in [2.05, 4.69) is 18.8 Å². The molecule has 2 saturated carbocycles. The van der Waals surface area contributed by atoms with Crippen LogP contribution in [0.4, 0.5) is 10.5 Å². The van der Waals surface area contributed by atoms with E-state index >= 15 is 0 Å². The highest BCUT2D eigenvalue weighted by molar-refractivity contribution is 7.15. The number of hydrogen-bond acceptors (Lipinski definition) is 6. The lowest BCUT2D eigenvalue weighted by molar-refractivity contribution is -0.124. The normalized spacial score (nSPS) is 25.6. The van der Waals surface area contributed by atoms with E-state index in [1.165, 1.54) is 0 Å². The van der Waals surface area contributed by atoms with Crippen LogP contribution in [-0.4, -0.2) is 59.0 Å². The summed E-state index contributed by atoms with van der Waals surface area (Å²) in [4.78, 5) is 54.7. The Kier molecular flexibility index (Phi) is 8.51. The molecule has 206 valence electrons. The van der Waals surface area contributed by atoms with Crippen LogP contribution in [0.5, 0.6) is 0 Å². The van der Waals surface area contributed by atoms with Crippen LogP contribution in [0.1, 0.15) is 93.6 Å². The first-order chi connectivity index (χ1) is 17.9. The van der Waals surface area contributed by atoms with Crippen molar-refractivity contribution in [3.63, 3.8) is 0 Å². The number of amides is 2. The molecule has 38 heavy (non-hydrogen) atoms. The zero-order valence-electron chi connectivity index (χ0n) is 22.7. The van der Waals surface area contributed by atoms with Gasteiger partial charge in [-0.3, -0.25) is 9.59 Å². The summed E-state index contributed by atoms with van der Waals surface area (Å²) >= 11 is 1.08. The van der Waals surface area contributed by atoms with Crippen LogP contribution in [-0.2, 0) is 14.3 Å². The average molecular weight is 543 g/mol. The second-order valence-corrected chi connectivity index (χ2v) is 13.0. The Morgan fingerprint density at radius 2 is 1.84 bits per heavy atom.